The molecule has 0 fully saturated rings. The van der Waals surface area contributed by atoms with Gasteiger partial charge < -0.3 is 0 Å². The summed E-state index contributed by atoms with van der Waals surface area (Å²) >= 11 is 0. The average molecular weight is 318 g/mol. The van der Waals surface area contributed by atoms with Gasteiger partial charge in [-0.15, -0.1) is 0 Å². The number of hydrazone groups is 1. The first-order valence-electron chi connectivity index (χ1n) is 7.89. The van der Waals surface area contributed by atoms with E-state index in [1.165, 1.54) is 11.6 Å². The summed E-state index contributed by atoms with van der Waals surface area (Å²) in [6.45, 7) is 6.79. The smallest absolute Gasteiger partial charge is 0.294 e. The minimum atomic E-state index is -0.372. The SMILES string of the molecule is CCCCN1N=C(C)C(C)n2c1nc1c2c(=O)n(C)c(=O)n1C. The summed E-state index contributed by atoms with van der Waals surface area (Å²) < 4.78 is 4.44. The number of nitrogens with zero attached hydrogens (tertiary/aromatic N) is 6. The maximum atomic E-state index is 12.6. The highest BCUT2D eigenvalue weighted by Crippen LogP contribution is 2.29. The van der Waals surface area contributed by atoms with Crippen LogP contribution in [0.3, 0.4) is 0 Å². The Morgan fingerprint density at radius 2 is 1.87 bits per heavy atom. The quantitative estimate of drug-likeness (QED) is 0.845. The standard InChI is InChI=1S/C15H22N6O2/c1-6-7-8-20-14-16-12-11(21(14)10(3)9(2)17-20)13(22)19(5)15(23)18(12)4/h10H,6-8H2,1-5H3. The molecule has 0 aromatic carbocycles. The van der Waals surface area contributed by atoms with E-state index in [1.54, 1.807) is 7.05 Å². The third-order valence-electron chi connectivity index (χ3n) is 4.50. The van der Waals surface area contributed by atoms with Crippen molar-refractivity contribution >= 4 is 22.8 Å². The first-order chi connectivity index (χ1) is 10.9. The van der Waals surface area contributed by atoms with Crippen molar-refractivity contribution in [1.29, 1.82) is 0 Å². The van der Waals surface area contributed by atoms with Crippen molar-refractivity contribution in [2.24, 2.45) is 19.2 Å². The molecule has 0 saturated heterocycles. The third kappa shape index (κ3) is 2.12. The van der Waals surface area contributed by atoms with Gasteiger partial charge in [0.25, 0.3) is 5.56 Å². The molecule has 3 rings (SSSR count). The van der Waals surface area contributed by atoms with Gasteiger partial charge in [0, 0.05) is 20.6 Å². The zero-order chi connectivity index (χ0) is 16.9. The van der Waals surface area contributed by atoms with Gasteiger partial charge in [0.05, 0.1) is 11.8 Å². The zero-order valence-electron chi connectivity index (χ0n) is 14.2. The number of hydrogen-bond acceptors (Lipinski definition) is 5. The van der Waals surface area contributed by atoms with E-state index in [-0.39, 0.29) is 17.3 Å². The Hall–Kier alpha value is -2.38. The van der Waals surface area contributed by atoms with E-state index in [9.17, 15) is 9.59 Å². The van der Waals surface area contributed by atoms with Crippen LogP contribution in [-0.2, 0) is 14.1 Å². The Kier molecular flexibility index (Phi) is 3.62. The highest BCUT2D eigenvalue weighted by molar-refractivity contribution is 5.90. The summed E-state index contributed by atoms with van der Waals surface area (Å²) in [7, 11) is 3.13. The molecule has 1 atom stereocenters. The Morgan fingerprint density at radius 1 is 1.17 bits per heavy atom. The lowest BCUT2D eigenvalue weighted by atomic mass is 10.2. The predicted octanol–water partition coefficient (Wildman–Crippen LogP) is 0.991. The lowest BCUT2D eigenvalue weighted by Gasteiger charge is -2.29. The van der Waals surface area contributed by atoms with Gasteiger partial charge in [-0.25, -0.2) is 9.80 Å². The van der Waals surface area contributed by atoms with Crippen LogP contribution in [0, 0.1) is 0 Å². The van der Waals surface area contributed by atoms with Gasteiger partial charge in [0.1, 0.15) is 0 Å². The summed E-state index contributed by atoms with van der Waals surface area (Å²) in [5.41, 5.74) is 1.09. The van der Waals surface area contributed by atoms with Gasteiger partial charge >= 0.3 is 5.69 Å². The summed E-state index contributed by atoms with van der Waals surface area (Å²) in [4.78, 5) is 29.4. The van der Waals surface area contributed by atoms with Crippen molar-refractivity contribution in [3.8, 4) is 0 Å². The fourth-order valence-corrected chi connectivity index (χ4v) is 2.92. The van der Waals surface area contributed by atoms with Crippen LogP contribution in [0.25, 0.3) is 11.2 Å². The maximum absolute atomic E-state index is 12.6. The van der Waals surface area contributed by atoms with E-state index in [0.29, 0.717) is 17.1 Å². The van der Waals surface area contributed by atoms with Crippen molar-refractivity contribution < 1.29 is 0 Å². The van der Waals surface area contributed by atoms with E-state index in [0.717, 1.165) is 29.7 Å². The zero-order valence-corrected chi connectivity index (χ0v) is 14.2. The first kappa shape index (κ1) is 15.5. The highest BCUT2D eigenvalue weighted by atomic mass is 16.2. The minimum absolute atomic E-state index is 0.0712. The van der Waals surface area contributed by atoms with E-state index >= 15 is 0 Å². The number of hydrogen-bond donors (Lipinski definition) is 0. The molecule has 2 aromatic heterocycles. The Bertz CT molecular complexity index is 917. The molecule has 0 saturated carbocycles. The molecule has 8 heteroatoms. The largest absolute Gasteiger partial charge is 0.332 e. The molecule has 0 radical (unpaired) electrons. The Morgan fingerprint density at radius 3 is 2.52 bits per heavy atom. The molecule has 3 heterocycles. The van der Waals surface area contributed by atoms with Crippen LogP contribution in [0.2, 0.25) is 0 Å². The van der Waals surface area contributed by atoms with Gasteiger partial charge in [-0.3, -0.25) is 18.5 Å². The molecular formula is C15H22N6O2. The van der Waals surface area contributed by atoms with Crippen LogP contribution in [0.1, 0.15) is 39.7 Å². The molecule has 0 N–H and O–H groups in total. The van der Waals surface area contributed by atoms with Crippen LogP contribution in [0.5, 0.6) is 0 Å². The molecule has 1 aliphatic heterocycles. The summed E-state index contributed by atoms with van der Waals surface area (Å²) in [5, 5.41) is 6.45. The number of unbranched alkanes of at least 4 members (excludes halogenated alkanes) is 1. The Labute approximate surface area is 133 Å². The van der Waals surface area contributed by atoms with Gasteiger partial charge in [-0.2, -0.15) is 10.1 Å². The molecule has 8 nitrogen and oxygen atoms in total. The predicted molar refractivity (Wildman–Crippen MR) is 90.3 cm³/mol. The van der Waals surface area contributed by atoms with E-state index in [2.05, 4.69) is 17.0 Å². The van der Waals surface area contributed by atoms with Crippen molar-refractivity contribution in [3.05, 3.63) is 20.8 Å². The van der Waals surface area contributed by atoms with Crippen molar-refractivity contribution in [2.75, 3.05) is 11.6 Å². The lowest BCUT2D eigenvalue weighted by molar-refractivity contribution is 0.621. The second kappa shape index (κ2) is 5.36. The molecule has 0 spiro atoms. The lowest BCUT2D eigenvalue weighted by Crippen LogP contribution is -2.38. The second-order valence-corrected chi connectivity index (χ2v) is 6.05. The molecule has 0 amide bonds. The summed E-state index contributed by atoms with van der Waals surface area (Å²) in [6.07, 6.45) is 2.02. The monoisotopic (exact) mass is 318 g/mol. The van der Waals surface area contributed by atoms with Crippen LogP contribution < -0.4 is 16.3 Å². The van der Waals surface area contributed by atoms with Crippen molar-refractivity contribution in [3.63, 3.8) is 0 Å². The Balaban J connectivity index is 2.36. The molecule has 2 aromatic rings. The summed E-state index contributed by atoms with van der Waals surface area (Å²) in [6, 6.07) is -0.0712. The third-order valence-corrected chi connectivity index (χ3v) is 4.50. The first-order valence-corrected chi connectivity index (χ1v) is 7.89. The van der Waals surface area contributed by atoms with Crippen LogP contribution in [0.4, 0.5) is 5.95 Å². The molecular weight excluding hydrogens is 296 g/mol. The van der Waals surface area contributed by atoms with Crippen LogP contribution in [0.15, 0.2) is 14.7 Å². The molecule has 0 aliphatic carbocycles. The fraction of sp³-hybridized carbons (Fsp3) is 0.600. The topological polar surface area (TPSA) is 77.4 Å². The number of fused-ring (bicyclic) bond motifs is 3. The minimum Gasteiger partial charge on any atom is -0.294 e. The number of anilines is 1. The molecule has 0 bridgehead atoms. The molecule has 23 heavy (non-hydrogen) atoms. The maximum Gasteiger partial charge on any atom is 0.332 e. The number of aromatic nitrogens is 4. The fourth-order valence-electron chi connectivity index (χ4n) is 2.92. The summed E-state index contributed by atoms with van der Waals surface area (Å²) in [5.74, 6) is 0.629. The number of imidazole rings is 1. The van der Waals surface area contributed by atoms with Crippen molar-refractivity contribution in [2.45, 2.75) is 39.7 Å². The van der Waals surface area contributed by atoms with Gasteiger partial charge in [0.15, 0.2) is 11.2 Å². The molecule has 124 valence electrons. The van der Waals surface area contributed by atoms with E-state index in [4.69, 9.17) is 0 Å². The average Bonchev–Trinajstić information content (AvgIpc) is 2.94. The normalized spacial score (nSPS) is 17.5. The van der Waals surface area contributed by atoms with E-state index in [1.807, 2.05) is 23.4 Å². The van der Waals surface area contributed by atoms with E-state index < -0.39 is 0 Å². The van der Waals surface area contributed by atoms with Gasteiger partial charge in [-0.05, 0) is 20.3 Å². The second-order valence-electron chi connectivity index (χ2n) is 6.05. The van der Waals surface area contributed by atoms with Crippen LogP contribution >= 0.6 is 0 Å². The highest BCUT2D eigenvalue weighted by Gasteiger charge is 2.29. The molecule has 1 aliphatic rings. The number of rotatable bonds is 3. The molecule has 1 unspecified atom stereocenters. The van der Waals surface area contributed by atoms with Gasteiger partial charge in [0.2, 0.25) is 5.95 Å². The van der Waals surface area contributed by atoms with Gasteiger partial charge in [-0.1, -0.05) is 13.3 Å². The van der Waals surface area contributed by atoms with Crippen LogP contribution in [-0.4, -0.2) is 30.9 Å². The number of aryl methyl sites for hydroxylation is 1. The van der Waals surface area contributed by atoms with Crippen molar-refractivity contribution in [1.82, 2.24) is 18.7 Å².